The first-order valence-corrected chi connectivity index (χ1v) is 8.45. The standard InChI is InChI=1S/C17H24N4O2/c1-12(18-16(23)13-7-3-2-4-8-13)14-11-15(22)20-17(19-14)21-9-5-6-10-21/h2-3,11-13H,4-10H2,1H3,(H,18,23)(H,19,20,22). The minimum atomic E-state index is -0.267. The number of rotatable bonds is 4. The Hall–Kier alpha value is -2.11. The van der Waals surface area contributed by atoms with Gasteiger partial charge in [-0.1, -0.05) is 12.2 Å². The number of nitrogens with one attached hydrogen (secondary N) is 2. The van der Waals surface area contributed by atoms with Gasteiger partial charge in [-0.05, 0) is 39.0 Å². The van der Waals surface area contributed by atoms with Crippen LogP contribution in [-0.4, -0.2) is 29.0 Å². The number of amides is 1. The quantitative estimate of drug-likeness (QED) is 0.832. The third-order valence-corrected chi connectivity index (χ3v) is 4.60. The van der Waals surface area contributed by atoms with Gasteiger partial charge in [0.2, 0.25) is 11.9 Å². The monoisotopic (exact) mass is 316 g/mol. The summed E-state index contributed by atoms with van der Waals surface area (Å²) in [7, 11) is 0. The summed E-state index contributed by atoms with van der Waals surface area (Å²) in [4.78, 5) is 33.7. The van der Waals surface area contributed by atoms with Crippen molar-refractivity contribution in [1.82, 2.24) is 15.3 Å². The van der Waals surface area contributed by atoms with Crippen LogP contribution in [0.4, 0.5) is 5.95 Å². The van der Waals surface area contributed by atoms with Crippen molar-refractivity contribution in [2.75, 3.05) is 18.0 Å². The van der Waals surface area contributed by atoms with Crippen molar-refractivity contribution in [3.8, 4) is 0 Å². The van der Waals surface area contributed by atoms with Crippen LogP contribution >= 0.6 is 0 Å². The summed E-state index contributed by atoms with van der Waals surface area (Å²) in [5.74, 6) is 0.695. The highest BCUT2D eigenvalue weighted by Crippen LogP contribution is 2.20. The fraction of sp³-hybridized carbons (Fsp3) is 0.588. The van der Waals surface area contributed by atoms with Gasteiger partial charge in [-0.15, -0.1) is 0 Å². The van der Waals surface area contributed by atoms with Gasteiger partial charge in [0, 0.05) is 25.1 Å². The molecule has 0 bridgehead atoms. The SMILES string of the molecule is CC(NC(=O)C1CC=CCC1)c1cc(=O)[nH]c(N2CCCC2)n1. The van der Waals surface area contributed by atoms with Gasteiger partial charge in [0.05, 0.1) is 11.7 Å². The van der Waals surface area contributed by atoms with E-state index < -0.39 is 0 Å². The summed E-state index contributed by atoms with van der Waals surface area (Å²) in [6, 6.07) is 1.21. The molecule has 6 heteroatoms. The lowest BCUT2D eigenvalue weighted by atomic mass is 9.93. The number of carbonyl (C=O) groups is 1. The Labute approximate surface area is 136 Å². The van der Waals surface area contributed by atoms with Gasteiger partial charge >= 0.3 is 0 Å². The molecule has 2 aliphatic rings. The number of nitrogens with zero attached hydrogens (tertiary/aromatic N) is 2. The molecule has 0 spiro atoms. The van der Waals surface area contributed by atoms with Crippen LogP contribution in [0.15, 0.2) is 23.0 Å². The van der Waals surface area contributed by atoms with Gasteiger partial charge < -0.3 is 10.2 Å². The molecule has 1 aliphatic carbocycles. The lowest BCUT2D eigenvalue weighted by Crippen LogP contribution is -2.34. The van der Waals surface area contributed by atoms with Crippen molar-refractivity contribution < 1.29 is 4.79 Å². The second-order valence-electron chi connectivity index (χ2n) is 6.40. The Bertz CT molecular complexity index is 646. The molecule has 2 atom stereocenters. The third-order valence-electron chi connectivity index (χ3n) is 4.60. The Morgan fingerprint density at radius 3 is 2.87 bits per heavy atom. The zero-order valence-electron chi connectivity index (χ0n) is 13.5. The summed E-state index contributed by atoms with van der Waals surface area (Å²) >= 11 is 0. The summed E-state index contributed by atoms with van der Waals surface area (Å²) < 4.78 is 0. The molecule has 1 aromatic heterocycles. The van der Waals surface area contributed by atoms with Crippen LogP contribution in [-0.2, 0) is 4.79 Å². The lowest BCUT2D eigenvalue weighted by molar-refractivity contribution is -0.125. The molecule has 2 N–H and O–H groups in total. The Kier molecular flexibility index (Phi) is 4.79. The predicted octanol–water partition coefficient (Wildman–Crippen LogP) is 1.90. The molecule has 1 saturated heterocycles. The van der Waals surface area contributed by atoms with Crippen molar-refractivity contribution in [1.29, 1.82) is 0 Å². The fourth-order valence-electron chi connectivity index (χ4n) is 3.20. The molecular weight excluding hydrogens is 292 g/mol. The maximum Gasteiger partial charge on any atom is 0.252 e. The average Bonchev–Trinajstić information content (AvgIpc) is 3.09. The molecule has 2 heterocycles. The first kappa shape index (κ1) is 15.8. The number of anilines is 1. The number of hydrogen-bond donors (Lipinski definition) is 2. The van der Waals surface area contributed by atoms with Crippen molar-refractivity contribution >= 4 is 11.9 Å². The van der Waals surface area contributed by atoms with Gasteiger partial charge in [0.1, 0.15) is 0 Å². The largest absolute Gasteiger partial charge is 0.348 e. The molecule has 6 nitrogen and oxygen atoms in total. The van der Waals surface area contributed by atoms with E-state index in [9.17, 15) is 9.59 Å². The molecule has 23 heavy (non-hydrogen) atoms. The van der Waals surface area contributed by atoms with Crippen LogP contribution in [0.2, 0.25) is 0 Å². The number of allylic oxidation sites excluding steroid dienone is 2. The van der Waals surface area contributed by atoms with Crippen LogP contribution in [0.1, 0.15) is 50.8 Å². The Morgan fingerprint density at radius 1 is 1.39 bits per heavy atom. The minimum Gasteiger partial charge on any atom is -0.348 e. The van der Waals surface area contributed by atoms with E-state index in [1.54, 1.807) is 0 Å². The highest BCUT2D eigenvalue weighted by Gasteiger charge is 2.22. The van der Waals surface area contributed by atoms with Gasteiger partial charge in [-0.25, -0.2) is 4.98 Å². The van der Waals surface area contributed by atoms with E-state index >= 15 is 0 Å². The molecule has 0 saturated carbocycles. The van der Waals surface area contributed by atoms with E-state index in [1.165, 1.54) is 6.07 Å². The molecular formula is C17H24N4O2. The van der Waals surface area contributed by atoms with Gasteiger partial charge in [0.25, 0.3) is 5.56 Å². The maximum absolute atomic E-state index is 12.3. The highest BCUT2D eigenvalue weighted by molar-refractivity contribution is 5.79. The van der Waals surface area contributed by atoms with E-state index in [0.717, 1.165) is 45.2 Å². The molecule has 1 fully saturated rings. The van der Waals surface area contributed by atoms with Crippen LogP contribution in [0.3, 0.4) is 0 Å². The summed E-state index contributed by atoms with van der Waals surface area (Å²) in [5.41, 5.74) is 0.453. The van der Waals surface area contributed by atoms with Gasteiger partial charge in [-0.3, -0.25) is 14.6 Å². The molecule has 0 aromatic carbocycles. The summed E-state index contributed by atoms with van der Waals surface area (Å²) in [6.07, 6.45) is 9.06. The first-order chi connectivity index (χ1) is 11.1. The molecule has 1 aliphatic heterocycles. The summed E-state index contributed by atoms with van der Waals surface area (Å²) in [5, 5.41) is 3.00. The third kappa shape index (κ3) is 3.81. The Morgan fingerprint density at radius 2 is 2.17 bits per heavy atom. The number of aromatic amines is 1. The number of H-pyrrole nitrogens is 1. The number of carbonyl (C=O) groups excluding carboxylic acids is 1. The van der Waals surface area contributed by atoms with Gasteiger partial charge in [-0.2, -0.15) is 0 Å². The van der Waals surface area contributed by atoms with Crippen LogP contribution in [0, 0.1) is 5.92 Å². The van der Waals surface area contributed by atoms with E-state index in [4.69, 9.17) is 0 Å². The normalized spacial score (nSPS) is 22.1. The molecule has 1 aromatic rings. The smallest absolute Gasteiger partial charge is 0.252 e. The number of aromatic nitrogens is 2. The van der Waals surface area contributed by atoms with E-state index in [1.807, 2.05) is 6.92 Å². The zero-order valence-corrected chi connectivity index (χ0v) is 13.5. The molecule has 2 unspecified atom stereocenters. The van der Waals surface area contributed by atoms with Crippen molar-refractivity contribution in [3.63, 3.8) is 0 Å². The topological polar surface area (TPSA) is 78.1 Å². The van der Waals surface area contributed by atoms with Crippen LogP contribution in [0.25, 0.3) is 0 Å². The molecule has 1 amide bonds. The van der Waals surface area contributed by atoms with Crippen molar-refractivity contribution in [2.24, 2.45) is 5.92 Å². The molecule has 3 rings (SSSR count). The second kappa shape index (κ2) is 6.98. The summed E-state index contributed by atoms with van der Waals surface area (Å²) in [6.45, 7) is 3.72. The average molecular weight is 316 g/mol. The van der Waals surface area contributed by atoms with Gasteiger partial charge in [0.15, 0.2) is 0 Å². The van der Waals surface area contributed by atoms with E-state index in [0.29, 0.717) is 11.6 Å². The maximum atomic E-state index is 12.3. The van der Waals surface area contributed by atoms with E-state index in [2.05, 4.69) is 32.3 Å². The number of hydrogen-bond acceptors (Lipinski definition) is 4. The Balaban J connectivity index is 1.71. The molecule has 124 valence electrons. The van der Waals surface area contributed by atoms with Crippen LogP contribution < -0.4 is 15.8 Å². The predicted molar refractivity (Wildman–Crippen MR) is 89.3 cm³/mol. The minimum absolute atomic E-state index is 0.0301. The zero-order chi connectivity index (χ0) is 16.2. The first-order valence-electron chi connectivity index (χ1n) is 8.45. The fourth-order valence-corrected chi connectivity index (χ4v) is 3.20. The van der Waals surface area contributed by atoms with Crippen molar-refractivity contribution in [3.05, 3.63) is 34.3 Å². The molecule has 0 radical (unpaired) electrons. The second-order valence-corrected chi connectivity index (χ2v) is 6.40. The van der Waals surface area contributed by atoms with E-state index in [-0.39, 0.29) is 23.4 Å². The highest BCUT2D eigenvalue weighted by atomic mass is 16.2. The lowest BCUT2D eigenvalue weighted by Gasteiger charge is -2.22. The van der Waals surface area contributed by atoms with Crippen molar-refractivity contribution in [2.45, 2.75) is 45.1 Å². The van der Waals surface area contributed by atoms with Crippen LogP contribution in [0.5, 0.6) is 0 Å².